The first-order valence-corrected chi connectivity index (χ1v) is 8.68. The summed E-state index contributed by atoms with van der Waals surface area (Å²) in [5.74, 6) is 0.199. The minimum Gasteiger partial charge on any atom is -0.366 e. The molecule has 6 heteroatoms. The van der Waals surface area contributed by atoms with Gasteiger partial charge in [-0.25, -0.2) is 0 Å². The van der Waals surface area contributed by atoms with E-state index in [1.165, 1.54) is 0 Å². The number of fused-ring (bicyclic) bond motifs is 1. The molecule has 5 nitrogen and oxygen atoms in total. The highest BCUT2D eigenvalue weighted by molar-refractivity contribution is 6.30. The number of nitrogens with one attached hydrogen (secondary N) is 1. The maximum Gasteiger partial charge on any atom is 0.248 e. The molecule has 0 saturated carbocycles. The van der Waals surface area contributed by atoms with Crippen LogP contribution in [0.25, 0.3) is 22.0 Å². The van der Waals surface area contributed by atoms with Crippen molar-refractivity contribution in [3.63, 3.8) is 0 Å². The first kappa shape index (κ1) is 17.0. The van der Waals surface area contributed by atoms with E-state index >= 15 is 0 Å². The number of aromatic nitrogens is 2. The molecule has 1 aromatic heterocycles. The smallest absolute Gasteiger partial charge is 0.248 e. The van der Waals surface area contributed by atoms with Gasteiger partial charge in [0.25, 0.3) is 0 Å². The SMILES string of the molecule is NC(=O)c1ccc(-c2nnc(Nc3ccc(Cl)cc3)c3ccccc23)cc1. The van der Waals surface area contributed by atoms with Gasteiger partial charge in [0.1, 0.15) is 5.69 Å². The van der Waals surface area contributed by atoms with E-state index in [9.17, 15) is 4.79 Å². The monoisotopic (exact) mass is 374 g/mol. The predicted molar refractivity (Wildman–Crippen MR) is 108 cm³/mol. The zero-order valence-corrected chi connectivity index (χ0v) is 14.9. The van der Waals surface area contributed by atoms with Crippen LogP contribution in [0, 0.1) is 0 Å². The summed E-state index contributed by atoms with van der Waals surface area (Å²) < 4.78 is 0. The standard InChI is InChI=1S/C21H15ClN4O/c22-15-9-11-16(12-10-15)24-21-18-4-2-1-3-17(18)19(25-26-21)13-5-7-14(8-6-13)20(23)27/h1-12H,(H2,23,27)(H,24,26). The van der Waals surface area contributed by atoms with Crippen LogP contribution in [0.2, 0.25) is 5.02 Å². The highest BCUT2D eigenvalue weighted by Gasteiger charge is 2.11. The van der Waals surface area contributed by atoms with Gasteiger partial charge in [-0.2, -0.15) is 0 Å². The number of hydrogen-bond acceptors (Lipinski definition) is 4. The molecule has 132 valence electrons. The predicted octanol–water partition coefficient (Wildman–Crippen LogP) is 4.79. The molecule has 27 heavy (non-hydrogen) atoms. The Bertz CT molecular complexity index is 1130. The van der Waals surface area contributed by atoms with Gasteiger partial charge in [0.05, 0.1) is 0 Å². The molecule has 0 bridgehead atoms. The van der Waals surface area contributed by atoms with Gasteiger partial charge in [0, 0.05) is 32.6 Å². The number of nitrogens with zero attached hydrogens (tertiary/aromatic N) is 2. The Kier molecular flexibility index (Phi) is 4.44. The number of carbonyl (C=O) groups is 1. The van der Waals surface area contributed by atoms with Crippen LogP contribution in [0.3, 0.4) is 0 Å². The number of rotatable bonds is 4. The molecule has 1 amide bonds. The lowest BCUT2D eigenvalue weighted by molar-refractivity contribution is 0.100. The highest BCUT2D eigenvalue weighted by atomic mass is 35.5. The summed E-state index contributed by atoms with van der Waals surface area (Å²) in [6.45, 7) is 0. The number of halogens is 1. The minimum absolute atomic E-state index is 0.456. The van der Waals surface area contributed by atoms with Crippen molar-refractivity contribution in [1.82, 2.24) is 10.2 Å². The van der Waals surface area contributed by atoms with Crippen LogP contribution in [0.15, 0.2) is 72.8 Å². The first-order chi connectivity index (χ1) is 13.1. The van der Waals surface area contributed by atoms with E-state index in [2.05, 4.69) is 15.5 Å². The van der Waals surface area contributed by atoms with Gasteiger partial charge in [-0.05, 0) is 36.4 Å². The molecule has 3 aromatic carbocycles. The van der Waals surface area contributed by atoms with Crippen molar-refractivity contribution in [3.05, 3.63) is 83.4 Å². The minimum atomic E-state index is -0.458. The fourth-order valence-electron chi connectivity index (χ4n) is 2.87. The largest absolute Gasteiger partial charge is 0.366 e. The molecular weight excluding hydrogens is 360 g/mol. The molecule has 3 N–H and O–H groups in total. The third kappa shape index (κ3) is 3.45. The van der Waals surface area contributed by atoms with Crippen LogP contribution >= 0.6 is 11.6 Å². The number of nitrogens with two attached hydrogens (primary N) is 1. The van der Waals surface area contributed by atoms with Crippen molar-refractivity contribution in [3.8, 4) is 11.3 Å². The van der Waals surface area contributed by atoms with E-state index in [0.29, 0.717) is 16.4 Å². The van der Waals surface area contributed by atoms with Gasteiger partial charge in [-0.3, -0.25) is 4.79 Å². The lowest BCUT2D eigenvalue weighted by atomic mass is 10.0. The topological polar surface area (TPSA) is 80.9 Å². The van der Waals surface area contributed by atoms with Gasteiger partial charge in [0.2, 0.25) is 5.91 Å². The van der Waals surface area contributed by atoms with Crippen LogP contribution < -0.4 is 11.1 Å². The summed E-state index contributed by atoms with van der Waals surface area (Å²) in [4.78, 5) is 11.3. The Labute approximate surface area is 160 Å². The van der Waals surface area contributed by atoms with E-state index in [1.807, 2.05) is 60.7 Å². The summed E-state index contributed by atoms with van der Waals surface area (Å²) in [5.41, 5.74) is 8.24. The van der Waals surface area contributed by atoms with Crippen LogP contribution in [0.5, 0.6) is 0 Å². The maximum atomic E-state index is 11.3. The molecule has 0 spiro atoms. The Hall–Kier alpha value is -3.44. The fraction of sp³-hybridized carbons (Fsp3) is 0. The second kappa shape index (κ2) is 7.05. The molecule has 0 unspecified atom stereocenters. The average Bonchev–Trinajstić information content (AvgIpc) is 2.70. The molecule has 1 heterocycles. The molecule has 0 aliphatic rings. The molecule has 0 radical (unpaired) electrons. The van der Waals surface area contributed by atoms with Gasteiger partial charge in [0.15, 0.2) is 5.82 Å². The summed E-state index contributed by atoms with van der Waals surface area (Å²) in [6, 6.07) is 22.3. The number of hydrogen-bond donors (Lipinski definition) is 2. The fourth-order valence-corrected chi connectivity index (χ4v) is 3.00. The molecule has 0 aliphatic carbocycles. The third-order valence-electron chi connectivity index (χ3n) is 4.24. The van der Waals surface area contributed by atoms with E-state index in [4.69, 9.17) is 17.3 Å². The zero-order valence-electron chi connectivity index (χ0n) is 14.2. The molecular formula is C21H15ClN4O. The highest BCUT2D eigenvalue weighted by Crippen LogP contribution is 2.31. The molecule has 0 fully saturated rings. The second-order valence-corrected chi connectivity index (χ2v) is 6.45. The number of anilines is 2. The summed E-state index contributed by atoms with van der Waals surface area (Å²) >= 11 is 5.94. The molecule has 0 aliphatic heterocycles. The van der Waals surface area contributed by atoms with Crippen molar-refractivity contribution in [2.75, 3.05) is 5.32 Å². The number of benzene rings is 3. The van der Waals surface area contributed by atoms with Gasteiger partial charge < -0.3 is 11.1 Å². The number of amides is 1. The van der Waals surface area contributed by atoms with Crippen molar-refractivity contribution in [1.29, 1.82) is 0 Å². The van der Waals surface area contributed by atoms with Gasteiger partial charge >= 0.3 is 0 Å². The summed E-state index contributed by atoms with van der Waals surface area (Å²) in [5, 5.41) is 14.6. The maximum absolute atomic E-state index is 11.3. The van der Waals surface area contributed by atoms with E-state index < -0.39 is 5.91 Å². The Morgan fingerprint density at radius 2 is 1.52 bits per heavy atom. The lowest BCUT2D eigenvalue weighted by Crippen LogP contribution is -2.10. The van der Waals surface area contributed by atoms with Gasteiger partial charge in [-0.15, -0.1) is 10.2 Å². The first-order valence-electron chi connectivity index (χ1n) is 8.30. The van der Waals surface area contributed by atoms with Crippen LogP contribution in [-0.2, 0) is 0 Å². The molecule has 4 aromatic rings. The van der Waals surface area contributed by atoms with Crippen LogP contribution in [-0.4, -0.2) is 16.1 Å². The van der Waals surface area contributed by atoms with Crippen molar-refractivity contribution < 1.29 is 4.79 Å². The quantitative estimate of drug-likeness (QED) is 0.538. The van der Waals surface area contributed by atoms with Crippen molar-refractivity contribution in [2.45, 2.75) is 0 Å². The molecule has 0 atom stereocenters. The molecule has 0 saturated heterocycles. The van der Waals surface area contributed by atoms with Crippen LogP contribution in [0.4, 0.5) is 11.5 Å². The number of carbonyl (C=O) groups excluding carboxylic acids is 1. The van der Waals surface area contributed by atoms with Crippen molar-refractivity contribution in [2.24, 2.45) is 5.73 Å². The third-order valence-corrected chi connectivity index (χ3v) is 4.49. The normalized spacial score (nSPS) is 10.7. The second-order valence-electron chi connectivity index (χ2n) is 6.02. The average molecular weight is 375 g/mol. The Morgan fingerprint density at radius 1 is 0.852 bits per heavy atom. The van der Waals surface area contributed by atoms with E-state index in [1.54, 1.807) is 12.1 Å². The summed E-state index contributed by atoms with van der Waals surface area (Å²) in [6.07, 6.45) is 0. The number of primary amides is 1. The Morgan fingerprint density at radius 3 is 2.19 bits per heavy atom. The Balaban J connectivity index is 1.78. The zero-order chi connectivity index (χ0) is 18.8. The van der Waals surface area contributed by atoms with E-state index in [-0.39, 0.29) is 0 Å². The van der Waals surface area contributed by atoms with Crippen LogP contribution in [0.1, 0.15) is 10.4 Å². The van der Waals surface area contributed by atoms with Crippen molar-refractivity contribution >= 4 is 39.8 Å². The lowest BCUT2D eigenvalue weighted by Gasteiger charge is -2.11. The van der Waals surface area contributed by atoms with Gasteiger partial charge in [-0.1, -0.05) is 48.0 Å². The molecule has 4 rings (SSSR count). The summed E-state index contributed by atoms with van der Waals surface area (Å²) in [7, 11) is 0. The van der Waals surface area contributed by atoms with E-state index in [0.717, 1.165) is 27.7 Å².